The molecular weight excluding hydrogens is 813 g/mol. The third-order valence-electron chi connectivity index (χ3n) is 13.4. The summed E-state index contributed by atoms with van der Waals surface area (Å²) >= 11 is 0. The van der Waals surface area contributed by atoms with Gasteiger partial charge in [0.05, 0.1) is 22.4 Å². The van der Waals surface area contributed by atoms with Gasteiger partial charge in [-0.2, -0.15) is 0 Å². The summed E-state index contributed by atoms with van der Waals surface area (Å²) in [5, 5.41) is 7.22. The van der Waals surface area contributed by atoms with E-state index in [2.05, 4.69) is 258 Å². The molecule has 0 amide bonds. The lowest BCUT2D eigenvalue weighted by atomic mass is 9.96. The van der Waals surface area contributed by atoms with Crippen LogP contribution in [0.3, 0.4) is 0 Å². The molecule has 3 nitrogen and oxygen atoms in total. The van der Waals surface area contributed by atoms with Crippen molar-refractivity contribution in [3.63, 3.8) is 0 Å². The number of aromatic nitrogens is 1. The van der Waals surface area contributed by atoms with Gasteiger partial charge in [0, 0.05) is 49.6 Å². The molecule has 0 aliphatic rings. The second kappa shape index (κ2) is 16.0. The predicted molar refractivity (Wildman–Crippen MR) is 282 cm³/mol. The van der Waals surface area contributed by atoms with Gasteiger partial charge in [0.1, 0.15) is 11.2 Å². The van der Waals surface area contributed by atoms with Crippen molar-refractivity contribution in [3.05, 3.63) is 255 Å². The van der Waals surface area contributed by atoms with E-state index in [0.717, 1.165) is 66.9 Å². The van der Waals surface area contributed by atoms with Crippen molar-refractivity contribution in [1.29, 1.82) is 0 Å². The van der Waals surface area contributed by atoms with Gasteiger partial charge in [0.15, 0.2) is 0 Å². The standard InChI is InChI=1S/C64H42N2O/c1-2-20-50-44(16-1)17-14-26-51(50)45-36-40-49(41-37-45)65(60-30-9-6-24-55(60)57-27-15-28-58-56-25-7-12-33-63(56)67-64(57)58)48-38-34-43(35-39-48)46-18-13-19-47(42-46)52-21-3-8-29-59(52)66-61-31-10-4-22-53(61)54-23-5-11-32-62(54)66/h1-42H. The zero-order chi connectivity index (χ0) is 44.3. The highest BCUT2D eigenvalue weighted by Gasteiger charge is 2.21. The number of hydrogen-bond acceptors (Lipinski definition) is 2. The molecule has 0 saturated carbocycles. The van der Waals surface area contributed by atoms with Gasteiger partial charge in [0.25, 0.3) is 0 Å². The predicted octanol–water partition coefficient (Wildman–Crippen LogP) is 18.0. The van der Waals surface area contributed by atoms with Crippen LogP contribution in [0.25, 0.3) is 105 Å². The number of anilines is 3. The van der Waals surface area contributed by atoms with E-state index in [4.69, 9.17) is 4.42 Å². The van der Waals surface area contributed by atoms with Gasteiger partial charge in [-0.25, -0.2) is 0 Å². The Hall–Kier alpha value is -8.92. The smallest absolute Gasteiger partial charge is 0.143 e. The molecule has 0 bridgehead atoms. The fraction of sp³-hybridized carbons (Fsp3) is 0. The van der Waals surface area contributed by atoms with Crippen LogP contribution in [-0.4, -0.2) is 4.57 Å². The maximum atomic E-state index is 6.64. The molecule has 67 heavy (non-hydrogen) atoms. The van der Waals surface area contributed by atoms with Crippen molar-refractivity contribution in [3.8, 4) is 50.2 Å². The van der Waals surface area contributed by atoms with Gasteiger partial charge in [-0.1, -0.05) is 194 Å². The number of rotatable bonds is 8. The van der Waals surface area contributed by atoms with E-state index in [9.17, 15) is 0 Å². The Bertz CT molecular complexity index is 3930. The largest absolute Gasteiger partial charge is 0.455 e. The highest BCUT2D eigenvalue weighted by atomic mass is 16.3. The molecule has 0 saturated heterocycles. The van der Waals surface area contributed by atoms with Crippen molar-refractivity contribution in [2.45, 2.75) is 0 Å². The summed E-state index contributed by atoms with van der Waals surface area (Å²) in [7, 11) is 0. The zero-order valence-corrected chi connectivity index (χ0v) is 36.6. The van der Waals surface area contributed by atoms with E-state index in [0.29, 0.717) is 0 Å². The van der Waals surface area contributed by atoms with Crippen LogP contribution in [0.1, 0.15) is 0 Å². The quantitative estimate of drug-likeness (QED) is 0.152. The van der Waals surface area contributed by atoms with E-state index < -0.39 is 0 Å². The van der Waals surface area contributed by atoms with E-state index in [-0.39, 0.29) is 0 Å². The Balaban J connectivity index is 0.922. The lowest BCUT2D eigenvalue weighted by molar-refractivity contribution is 0.670. The molecule has 11 aromatic carbocycles. The summed E-state index contributed by atoms with van der Waals surface area (Å²) in [5.74, 6) is 0. The average molecular weight is 855 g/mol. The number of benzene rings is 11. The number of nitrogens with zero attached hydrogens (tertiary/aromatic N) is 2. The summed E-state index contributed by atoms with van der Waals surface area (Å²) in [6.45, 7) is 0. The van der Waals surface area contributed by atoms with E-state index in [1.807, 2.05) is 6.07 Å². The SMILES string of the molecule is c1cc(-c2ccc(N(c3ccc(-c4cccc5ccccc45)cc3)c3ccccc3-c3cccc4c3oc3ccccc34)cc2)cc(-c2ccccc2-n2c3ccccc3c3ccccc32)c1. The third kappa shape index (κ3) is 6.51. The zero-order valence-electron chi connectivity index (χ0n) is 36.6. The fourth-order valence-corrected chi connectivity index (χ4v) is 10.3. The second-order valence-electron chi connectivity index (χ2n) is 17.2. The summed E-state index contributed by atoms with van der Waals surface area (Å²) in [5.41, 5.74) is 17.7. The first-order valence-corrected chi connectivity index (χ1v) is 22.9. The van der Waals surface area contributed by atoms with Crippen LogP contribution < -0.4 is 4.90 Å². The van der Waals surface area contributed by atoms with E-state index in [1.165, 1.54) is 54.8 Å². The first kappa shape index (κ1) is 38.5. The molecule has 0 atom stereocenters. The van der Waals surface area contributed by atoms with Crippen molar-refractivity contribution in [2.75, 3.05) is 4.90 Å². The summed E-state index contributed by atoms with van der Waals surface area (Å²) in [4.78, 5) is 2.38. The van der Waals surface area contributed by atoms with Gasteiger partial charge in [-0.15, -0.1) is 0 Å². The molecular formula is C64H42N2O. The molecule has 0 fully saturated rings. The molecule has 0 unspecified atom stereocenters. The Morgan fingerprint density at radius 2 is 0.836 bits per heavy atom. The molecule has 3 heteroatoms. The molecule has 13 aromatic rings. The lowest BCUT2D eigenvalue weighted by Gasteiger charge is -2.28. The monoisotopic (exact) mass is 854 g/mol. The molecule has 13 rings (SSSR count). The van der Waals surface area contributed by atoms with Crippen LogP contribution >= 0.6 is 0 Å². The maximum Gasteiger partial charge on any atom is 0.143 e. The molecule has 314 valence electrons. The average Bonchev–Trinajstić information content (AvgIpc) is 3.95. The molecule has 2 heterocycles. The van der Waals surface area contributed by atoms with Crippen molar-refractivity contribution >= 4 is 71.6 Å². The number of hydrogen-bond donors (Lipinski definition) is 0. The molecule has 0 aliphatic carbocycles. The normalized spacial score (nSPS) is 11.6. The van der Waals surface area contributed by atoms with Gasteiger partial charge in [-0.3, -0.25) is 0 Å². The van der Waals surface area contributed by atoms with Gasteiger partial charge in [-0.05, 0) is 99.3 Å². The topological polar surface area (TPSA) is 21.3 Å². The summed E-state index contributed by atoms with van der Waals surface area (Å²) in [6, 6.07) is 91.8. The Kier molecular flexibility index (Phi) is 9.17. The Labute approximate surface area is 388 Å². The van der Waals surface area contributed by atoms with Crippen LogP contribution in [0.2, 0.25) is 0 Å². The van der Waals surface area contributed by atoms with Crippen molar-refractivity contribution in [2.24, 2.45) is 0 Å². The minimum atomic E-state index is 0.886. The first-order chi connectivity index (χ1) is 33.2. The van der Waals surface area contributed by atoms with Crippen LogP contribution in [0.5, 0.6) is 0 Å². The van der Waals surface area contributed by atoms with Crippen molar-refractivity contribution in [1.82, 2.24) is 4.57 Å². The second-order valence-corrected chi connectivity index (χ2v) is 17.2. The first-order valence-electron chi connectivity index (χ1n) is 22.9. The highest BCUT2D eigenvalue weighted by Crippen LogP contribution is 2.45. The minimum Gasteiger partial charge on any atom is -0.455 e. The van der Waals surface area contributed by atoms with Gasteiger partial charge < -0.3 is 13.9 Å². The van der Waals surface area contributed by atoms with Gasteiger partial charge >= 0.3 is 0 Å². The fourth-order valence-electron chi connectivity index (χ4n) is 10.3. The number of furan rings is 1. The lowest BCUT2D eigenvalue weighted by Crippen LogP contribution is -2.11. The van der Waals surface area contributed by atoms with E-state index >= 15 is 0 Å². The number of para-hydroxylation sites is 6. The van der Waals surface area contributed by atoms with Gasteiger partial charge in [0.2, 0.25) is 0 Å². The highest BCUT2D eigenvalue weighted by molar-refractivity contribution is 6.11. The molecule has 0 radical (unpaired) electrons. The van der Waals surface area contributed by atoms with E-state index in [1.54, 1.807) is 0 Å². The maximum absolute atomic E-state index is 6.64. The summed E-state index contributed by atoms with van der Waals surface area (Å²) < 4.78 is 9.05. The molecule has 0 aliphatic heterocycles. The Morgan fingerprint density at radius 1 is 0.313 bits per heavy atom. The molecule has 2 aromatic heterocycles. The van der Waals surface area contributed by atoms with Crippen LogP contribution in [0, 0.1) is 0 Å². The van der Waals surface area contributed by atoms with Crippen LogP contribution in [-0.2, 0) is 0 Å². The van der Waals surface area contributed by atoms with Crippen LogP contribution in [0.15, 0.2) is 259 Å². The van der Waals surface area contributed by atoms with Crippen molar-refractivity contribution < 1.29 is 4.42 Å². The Morgan fingerprint density at radius 3 is 1.61 bits per heavy atom. The molecule has 0 N–H and O–H groups in total. The minimum absolute atomic E-state index is 0.886. The third-order valence-corrected chi connectivity index (χ3v) is 13.4. The van der Waals surface area contributed by atoms with Crippen LogP contribution in [0.4, 0.5) is 17.1 Å². The number of fused-ring (bicyclic) bond motifs is 7. The molecule has 0 spiro atoms. The summed E-state index contributed by atoms with van der Waals surface area (Å²) in [6.07, 6.45) is 0.